The minimum absolute atomic E-state index is 0.240. The highest BCUT2D eigenvalue weighted by Gasteiger charge is 2.28. The van der Waals surface area contributed by atoms with Crippen molar-refractivity contribution in [2.45, 2.75) is 64.7 Å². The Balaban J connectivity index is 4.16. The van der Waals surface area contributed by atoms with E-state index in [1.807, 2.05) is 0 Å². The van der Waals surface area contributed by atoms with E-state index < -0.39 is 8.07 Å². The molecule has 0 bridgehead atoms. The van der Waals surface area contributed by atoms with E-state index in [1.54, 1.807) is 6.92 Å². The quantitative estimate of drug-likeness (QED) is 0.347. The topological polar surface area (TPSA) is 26.3 Å². The van der Waals surface area contributed by atoms with E-state index in [1.165, 1.54) is 31.0 Å². The molecule has 0 aromatic carbocycles. The van der Waals surface area contributed by atoms with E-state index in [-0.39, 0.29) is 5.97 Å². The Morgan fingerprint density at radius 1 is 1.18 bits per heavy atom. The van der Waals surface area contributed by atoms with E-state index >= 15 is 0 Å². The second kappa shape index (κ2) is 8.51. The van der Waals surface area contributed by atoms with E-state index in [2.05, 4.69) is 27.4 Å². The van der Waals surface area contributed by atoms with Crippen LogP contribution in [0, 0.1) is 0 Å². The van der Waals surface area contributed by atoms with Crippen LogP contribution in [-0.2, 0) is 9.53 Å². The van der Waals surface area contributed by atoms with Crippen LogP contribution >= 0.6 is 0 Å². The van der Waals surface area contributed by atoms with Gasteiger partial charge in [0, 0.05) is 5.57 Å². The first-order chi connectivity index (χ1) is 8.01. The zero-order valence-electron chi connectivity index (χ0n) is 12.0. The lowest BCUT2D eigenvalue weighted by Gasteiger charge is -2.29. The van der Waals surface area contributed by atoms with Crippen LogP contribution in [0.25, 0.3) is 0 Å². The molecule has 0 atom stereocenters. The van der Waals surface area contributed by atoms with Gasteiger partial charge in [0.15, 0.2) is 0 Å². The summed E-state index contributed by atoms with van der Waals surface area (Å²) >= 11 is 0. The second-order valence-electron chi connectivity index (χ2n) is 4.98. The van der Waals surface area contributed by atoms with E-state index in [0.717, 1.165) is 6.04 Å². The summed E-state index contributed by atoms with van der Waals surface area (Å²) in [5.41, 5.74) is 0.499. The van der Waals surface area contributed by atoms with Crippen molar-refractivity contribution in [2.75, 3.05) is 6.61 Å². The van der Waals surface area contributed by atoms with Crippen molar-refractivity contribution in [3.8, 4) is 0 Å². The number of ether oxygens (including phenoxy) is 1. The van der Waals surface area contributed by atoms with Gasteiger partial charge in [0.25, 0.3) is 0 Å². The van der Waals surface area contributed by atoms with Crippen molar-refractivity contribution in [1.82, 2.24) is 0 Å². The molecule has 0 saturated carbocycles. The number of hydrogen-bond donors (Lipinski definition) is 0. The summed E-state index contributed by atoms with van der Waals surface area (Å²) in [6.07, 6.45) is 2.59. The molecule has 0 fully saturated rings. The van der Waals surface area contributed by atoms with Gasteiger partial charge in [-0.05, 0) is 13.0 Å². The Morgan fingerprint density at radius 2 is 1.76 bits per heavy atom. The molecular formula is C14H28O2Si. The van der Waals surface area contributed by atoms with Crippen LogP contribution in [0.15, 0.2) is 12.2 Å². The smallest absolute Gasteiger partial charge is 0.333 e. The highest BCUT2D eigenvalue weighted by molar-refractivity contribution is 6.79. The summed E-state index contributed by atoms with van der Waals surface area (Å²) < 4.78 is 5.24. The third kappa shape index (κ3) is 6.06. The first-order valence-corrected chi connectivity index (χ1v) is 9.66. The highest BCUT2D eigenvalue weighted by atomic mass is 28.3. The van der Waals surface area contributed by atoms with Crippen LogP contribution in [-0.4, -0.2) is 20.7 Å². The van der Waals surface area contributed by atoms with Crippen LogP contribution in [0.1, 0.15) is 40.5 Å². The molecule has 0 aliphatic carbocycles. The number of carbonyl (C=O) groups excluding carboxylic acids is 1. The first kappa shape index (κ1) is 16.4. The van der Waals surface area contributed by atoms with Gasteiger partial charge in [0.2, 0.25) is 0 Å². The zero-order valence-corrected chi connectivity index (χ0v) is 13.0. The minimum atomic E-state index is -1.17. The van der Waals surface area contributed by atoms with Crippen molar-refractivity contribution in [2.24, 2.45) is 0 Å². The lowest BCUT2D eigenvalue weighted by Crippen LogP contribution is -2.33. The van der Waals surface area contributed by atoms with Gasteiger partial charge in [0.05, 0.1) is 14.7 Å². The Hall–Kier alpha value is -0.573. The van der Waals surface area contributed by atoms with Gasteiger partial charge in [-0.3, -0.25) is 0 Å². The highest BCUT2D eigenvalue weighted by Crippen LogP contribution is 2.27. The number of rotatable bonds is 9. The van der Waals surface area contributed by atoms with Crippen LogP contribution in [0.4, 0.5) is 0 Å². The van der Waals surface area contributed by atoms with Crippen molar-refractivity contribution in [3.05, 3.63) is 12.2 Å². The Bertz CT molecular complexity index is 245. The fourth-order valence-electron chi connectivity index (χ4n) is 2.12. The van der Waals surface area contributed by atoms with Crippen LogP contribution in [0.3, 0.4) is 0 Å². The predicted molar refractivity (Wildman–Crippen MR) is 77.0 cm³/mol. The molecule has 0 aliphatic rings. The van der Waals surface area contributed by atoms with Crippen molar-refractivity contribution >= 4 is 14.0 Å². The number of hydrogen-bond acceptors (Lipinski definition) is 2. The molecule has 0 aromatic rings. The van der Waals surface area contributed by atoms with E-state index in [9.17, 15) is 4.79 Å². The van der Waals surface area contributed by atoms with Crippen LogP contribution < -0.4 is 0 Å². The fraction of sp³-hybridized carbons (Fsp3) is 0.786. The van der Waals surface area contributed by atoms with Crippen molar-refractivity contribution in [3.63, 3.8) is 0 Å². The lowest BCUT2D eigenvalue weighted by atomic mass is 10.4. The summed E-state index contributed by atoms with van der Waals surface area (Å²) in [5, 5.41) is 0. The number of carbonyl (C=O) groups is 1. The molecular weight excluding hydrogens is 228 g/mol. The molecule has 0 spiro atoms. The summed E-state index contributed by atoms with van der Waals surface area (Å²) in [5.74, 6) is -0.240. The summed E-state index contributed by atoms with van der Waals surface area (Å²) in [6.45, 7) is 12.7. The van der Waals surface area contributed by atoms with Crippen LogP contribution in [0.2, 0.25) is 24.2 Å². The molecule has 17 heavy (non-hydrogen) atoms. The molecule has 0 unspecified atom stereocenters. The monoisotopic (exact) mass is 256 g/mol. The molecule has 0 aliphatic heterocycles. The van der Waals surface area contributed by atoms with Gasteiger partial charge in [-0.15, -0.1) is 0 Å². The van der Waals surface area contributed by atoms with E-state index in [0.29, 0.717) is 12.2 Å². The summed E-state index contributed by atoms with van der Waals surface area (Å²) in [6, 6.07) is 5.09. The van der Waals surface area contributed by atoms with Crippen LogP contribution in [0.5, 0.6) is 0 Å². The Morgan fingerprint density at radius 3 is 2.18 bits per heavy atom. The maximum Gasteiger partial charge on any atom is 0.333 e. The van der Waals surface area contributed by atoms with Gasteiger partial charge < -0.3 is 4.74 Å². The molecule has 0 N–H and O–H groups in total. The standard InChI is InChI=1S/C14H28O2Si/c1-6-9-11-17(7-2,8-3)12-10-16-14(15)13(4)5/h4,6-12H2,1-3,5H3. The third-order valence-corrected chi connectivity index (χ3v) is 9.45. The second-order valence-corrected chi connectivity index (χ2v) is 10.4. The number of unbranched alkanes of at least 4 members (excludes halogenated alkanes) is 1. The van der Waals surface area contributed by atoms with Gasteiger partial charge in [-0.25, -0.2) is 4.79 Å². The first-order valence-electron chi connectivity index (χ1n) is 6.84. The molecule has 0 heterocycles. The maximum atomic E-state index is 11.3. The average Bonchev–Trinajstić information content (AvgIpc) is 2.33. The average molecular weight is 256 g/mol. The Labute approximate surface area is 107 Å². The molecule has 0 saturated heterocycles. The predicted octanol–water partition coefficient (Wildman–Crippen LogP) is 4.39. The molecule has 0 rings (SSSR count). The molecule has 2 nitrogen and oxygen atoms in total. The van der Waals surface area contributed by atoms with Crippen molar-refractivity contribution < 1.29 is 9.53 Å². The summed E-state index contributed by atoms with van der Waals surface area (Å²) in [4.78, 5) is 11.3. The largest absolute Gasteiger partial charge is 0.463 e. The molecule has 3 heteroatoms. The molecule has 0 aromatic heterocycles. The van der Waals surface area contributed by atoms with Crippen molar-refractivity contribution in [1.29, 1.82) is 0 Å². The zero-order chi connectivity index (χ0) is 13.3. The van der Waals surface area contributed by atoms with Gasteiger partial charge in [0.1, 0.15) is 0 Å². The van der Waals surface area contributed by atoms with Gasteiger partial charge in [-0.2, -0.15) is 0 Å². The Kier molecular flexibility index (Phi) is 8.22. The minimum Gasteiger partial charge on any atom is -0.463 e. The summed E-state index contributed by atoms with van der Waals surface area (Å²) in [7, 11) is -1.17. The molecule has 0 amide bonds. The SMILES string of the molecule is C=C(C)C(=O)OCC[Si](CC)(CC)CCCC. The molecule has 0 radical (unpaired) electrons. The fourth-order valence-corrected chi connectivity index (χ4v) is 5.92. The lowest BCUT2D eigenvalue weighted by molar-refractivity contribution is -0.138. The number of esters is 1. The normalized spacial score (nSPS) is 11.3. The van der Waals surface area contributed by atoms with Gasteiger partial charge >= 0.3 is 5.97 Å². The molecule has 100 valence electrons. The maximum absolute atomic E-state index is 11.3. The third-order valence-electron chi connectivity index (χ3n) is 3.77. The van der Waals surface area contributed by atoms with Gasteiger partial charge in [-0.1, -0.05) is 58.3 Å². The van der Waals surface area contributed by atoms with E-state index in [4.69, 9.17) is 4.74 Å².